The van der Waals surface area contributed by atoms with Gasteiger partial charge in [-0.25, -0.2) is 0 Å². The number of hydrogen-bond acceptors (Lipinski definition) is 3. The Balaban J connectivity index is 1.88. The molecule has 3 rings (SSSR count). The van der Waals surface area contributed by atoms with E-state index in [0.29, 0.717) is 0 Å². The number of benzene rings is 2. The van der Waals surface area contributed by atoms with E-state index in [2.05, 4.69) is 0 Å². The minimum absolute atomic E-state index is 0.0700. The van der Waals surface area contributed by atoms with Crippen LogP contribution in [0, 0.1) is 16.0 Å². The SMILES string of the molecule is O=C(c1ccc(-c2cccc([N+](=O)[O-])c2)cc1)C1CC1. The molecule has 1 saturated carbocycles. The molecule has 0 amide bonds. The molecule has 0 atom stereocenters. The van der Waals surface area contributed by atoms with Crippen LogP contribution < -0.4 is 0 Å². The Bertz CT molecular complexity index is 672. The molecule has 0 N–H and O–H groups in total. The van der Waals surface area contributed by atoms with Gasteiger partial charge in [0.25, 0.3) is 5.69 Å². The van der Waals surface area contributed by atoms with Crippen LogP contribution >= 0.6 is 0 Å². The van der Waals surface area contributed by atoms with Crippen LogP contribution in [0.2, 0.25) is 0 Å². The fraction of sp³-hybridized carbons (Fsp3) is 0.188. The zero-order chi connectivity index (χ0) is 14.1. The van der Waals surface area contributed by atoms with Crippen molar-refractivity contribution in [3.05, 3.63) is 64.2 Å². The Kier molecular flexibility index (Phi) is 3.06. The summed E-state index contributed by atoms with van der Waals surface area (Å²) in [6.07, 6.45) is 1.98. The van der Waals surface area contributed by atoms with Crippen LogP contribution in [0.5, 0.6) is 0 Å². The molecule has 0 spiro atoms. The van der Waals surface area contributed by atoms with E-state index in [1.54, 1.807) is 18.2 Å². The van der Waals surface area contributed by atoms with E-state index in [0.717, 1.165) is 29.5 Å². The molecule has 0 saturated heterocycles. The normalized spacial score (nSPS) is 14.0. The third-order valence-electron chi connectivity index (χ3n) is 3.51. The van der Waals surface area contributed by atoms with Crippen molar-refractivity contribution >= 4 is 11.5 Å². The van der Waals surface area contributed by atoms with Crippen LogP contribution in [0.25, 0.3) is 11.1 Å². The Morgan fingerprint density at radius 2 is 1.75 bits per heavy atom. The van der Waals surface area contributed by atoms with Crippen molar-refractivity contribution in [2.45, 2.75) is 12.8 Å². The Morgan fingerprint density at radius 1 is 1.05 bits per heavy atom. The standard InChI is InChI=1S/C16H13NO3/c18-16(13-8-9-13)12-6-4-11(5-7-12)14-2-1-3-15(10-14)17(19)20/h1-7,10,13H,8-9H2. The van der Waals surface area contributed by atoms with E-state index in [1.165, 1.54) is 12.1 Å². The summed E-state index contributed by atoms with van der Waals surface area (Å²) < 4.78 is 0. The molecular formula is C16H13NO3. The van der Waals surface area contributed by atoms with Crippen LogP contribution in [0.4, 0.5) is 5.69 Å². The second-order valence-corrected chi connectivity index (χ2v) is 5.02. The van der Waals surface area contributed by atoms with Crippen molar-refractivity contribution in [2.24, 2.45) is 5.92 Å². The highest BCUT2D eigenvalue weighted by molar-refractivity contribution is 5.99. The molecule has 1 aliphatic rings. The molecule has 0 unspecified atom stereocenters. The minimum atomic E-state index is -0.408. The molecule has 0 radical (unpaired) electrons. The van der Waals surface area contributed by atoms with Crippen LogP contribution in [0.1, 0.15) is 23.2 Å². The number of carbonyl (C=O) groups is 1. The molecule has 2 aromatic rings. The number of non-ortho nitro benzene ring substituents is 1. The quantitative estimate of drug-likeness (QED) is 0.480. The van der Waals surface area contributed by atoms with Crippen LogP contribution in [-0.2, 0) is 0 Å². The maximum absolute atomic E-state index is 11.9. The number of nitro groups is 1. The van der Waals surface area contributed by atoms with E-state index in [-0.39, 0.29) is 17.4 Å². The van der Waals surface area contributed by atoms with Gasteiger partial charge in [0, 0.05) is 23.6 Å². The molecule has 0 aliphatic heterocycles. The van der Waals surface area contributed by atoms with Crippen molar-refractivity contribution in [3.8, 4) is 11.1 Å². The third-order valence-corrected chi connectivity index (χ3v) is 3.51. The average molecular weight is 267 g/mol. The van der Waals surface area contributed by atoms with Crippen molar-refractivity contribution in [1.29, 1.82) is 0 Å². The Morgan fingerprint density at radius 3 is 2.35 bits per heavy atom. The van der Waals surface area contributed by atoms with Crippen molar-refractivity contribution in [1.82, 2.24) is 0 Å². The van der Waals surface area contributed by atoms with Gasteiger partial charge in [-0.05, 0) is 24.0 Å². The summed E-state index contributed by atoms with van der Waals surface area (Å²) >= 11 is 0. The molecule has 4 heteroatoms. The molecule has 0 bridgehead atoms. The van der Waals surface area contributed by atoms with Gasteiger partial charge in [-0.1, -0.05) is 36.4 Å². The van der Waals surface area contributed by atoms with E-state index < -0.39 is 4.92 Å². The van der Waals surface area contributed by atoms with Gasteiger partial charge in [-0.2, -0.15) is 0 Å². The Hall–Kier alpha value is -2.49. The summed E-state index contributed by atoms with van der Waals surface area (Å²) in [6.45, 7) is 0. The molecule has 0 heterocycles. The number of nitro benzene ring substituents is 1. The van der Waals surface area contributed by atoms with Gasteiger partial charge < -0.3 is 0 Å². The molecule has 20 heavy (non-hydrogen) atoms. The van der Waals surface area contributed by atoms with Crippen molar-refractivity contribution < 1.29 is 9.72 Å². The number of carbonyl (C=O) groups excluding carboxylic acids is 1. The van der Waals surface area contributed by atoms with E-state index in [9.17, 15) is 14.9 Å². The summed E-state index contributed by atoms with van der Waals surface area (Å²) in [5.41, 5.74) is 2.45. The molecule has 0 aromatic heterocycles. The fourth-order valence-electron chi connectivity index (χ4n) is 2.21. The minimum Gasteiger partial charge on any atom is -0.294 e. The monoisotopic (exact) mass is 267 g/mol. The summed E-state index contributed by atoms with van der Waals surface area (Å²) in [7, 11) is 0. The van der Waals surface area contributed by atoms with Gasteiger partial charge in [0.1, 0.15) is 0 Å². The molecule has 100 valence electrons. The second kappa shape index (κ2) is 4.89. The lowest BCUT2D eigenvalue weighted by Crippen LogP contribution is -2.00. The predicted octanol–water partition coefficient (Wildman–Crippen LogP) is 3.85. The smallest absolute Gasteiger partial charge is 0.270 e. The number of ketones is 1. The Labute approximate surface area is 116 Å². The first kappa shape index (κ1) is 12.5. The first-order valence-corrected chi connectivity index (χ1v) is 6.54. The maximum atomic E-state index is 11.9. The number of hydrogen-bond donors (Lipinski definition) is 0. The highest BCUT2D eigenvalue weighted by atomic mass is 16.6. The highest BCUT2D eigenvalue weighted by Gasteiger charge is 2.30. The third kappa shape index (κ3) is 2.45. The first-order valence-electron chi connectivity index (χ1n) is 6.54. The molecular weight excluding hydrogens is 254 g/mol. The van der Waals surface area contributed by atoms with Crippen LogP contribution in [0.3, 0.4) is 0 Å². The maximum Gasteiger partial charge on any atom is 0.270 e. The fourth-order valence-corrected chi connectivity index (χ4v) is 2.21. The van der Waals surface area contributed by atoms with Crippen LogP contribution in [0.15, 0.2) is 48.5 Å². The lowest BCUT2D eigenvalue weighted by atomic mass is 10.0. The van der Waals surface area contributed by atoms with Crippen LogP contribution in [-0.4, -0.2) is 10.7 Å². The van der Waals surface area contributed by atoms with Gasteiger partial charge in [0.2, 0.25) is 0 Å². The molecule has 4 nitrogen and oxygen atoms in total. The lowest BCUT2D eigenvalue weighted by molar-refractivity contribution is -0.384. The number of nitrogens with zero attached hydrogens (tertiary/aromatic N) is 1. The second-order valence-electron chi connectivity index (χ2n) is 5.02. The van der Waals surface area contributed by atoms with E-state index in [4.69, 9.17) is 0 Å². The largest absolute Gasteiger partial charge is 0.294 e. The summed E-state index contributed by atoms with van der Waals surface area (Å²) in [4.78, 5) is 22.3. The van der Waals surface area contributed by atoms with Gasteiger partial charge in [0.05, 0.1) is 4.92 Å². The molecule has 1 aliphatic carbocycles. The van der Waals surface area contributed by atoms with Crippen molar-refractivity contribution in [2.75, 3.05) is 0 Å². The van der Waals surface area contributed by atoms with Gasteiger partial charge in [-0.15, -0.1) is 0 Å². The van der Waals surface area contributed by atoms with E-state index >= 15 is 0 Å². The van der Waals surface area contributed by atoms with Crippen molar-refractivity contribution in [3.63, 3.8) is 0 Å². The summed E-state index contributed by atoms with van der Waals surface area (Å²) in [5, 5.41) is 10.8. The summed E-state index contributed by atoms with van der Waals surface area (Å²) in [5.74, 6) is 0.411. The van der Waals surface area contributed by atoms with Gasteiger partial charge in [-0.3, -0.25) is 14.9 Å². The number of rotatable bonds is 4. The topological polar surface area (TPSA) is 60.2 Å². The van der Waals surface area contributed by atoms with Gasteiger partial charge in [0.15, 0.2) is 5.78 Å². The average Bonchev–Trinajstić information content (AvgIpc) is 3.31. The molecule has 2 aromatic carbocycles. The molecule has 1 fully saturated rings. The first-order chi connectivity index (χ1) is 9.65. The zero-order valence-electron chi connectivity index (χ0n) is 10.8. The van der Waals surface area contributed by atoms with Gasteiger partial charge >= 0.3 is 0 Å². The number of Topliss-reactive ketones (excluding diaryl/α,β-unsaturated/α-hetero) is 1. The highest BCUT2D eigenvalue weighted by Crippen LogP contribution is 2.33. The predicted molar refractivity (Wildman–Crippen MR) is 75.6 cm³/mol. The van der Waals surface area contributed by atoms with E-state index in [1.807, 2.05) is 18.2 Å². The zero-order valence-corrected chi connectivity index (χ0v) is 10.8. The lowest BCUT2D eigenvalue weighted by Gasteiger charge is -2.03. The summed E-state index contributed by atoms with van der Waals surface area (Å²) in [6, 6.07) is 13.8.